The Morgan fingerprint density at radius 1 is 1.00 bits per heavy atom. The van der Waals surface area contributed by atoms with E-state index in [2.05, 4.69) is 29.1 Å². The van der Waals surface area contributed by atoms with Crippen molar-refractivity contribution in [3.63, 3.8) is 0 Å². The van der Waals surface area contributed by atoms with Crippen molar-refractivity contribution in [3.05, 3.63) is 78.4 Å². The standard InChI is InChI=1S/C24H23N3O2/c1-16(2)15-29-18-13-11-17(12-14-18)24(28)27-20-8-4-3-7-19(20)23-25-21-9-5-6-10-22(21)26-23/h3-14,16H,15H2,1-2H3,(H,25,26)(H,27,28). The molecule has 0 unspecified atom stereocenters. The number of H-pyrrole nitrogens is 1. The van der Waals surface area contributed by atoms with Crippen LogP contribution in [0, 0.1) is 5.92 Å². The van der Waals surface area contributed by atoms with E-state index in [4.69, 9.17) is 4.74 Å². The van der Waals surface area contributed by atoms with E-state index in [1.807, 2.05) is 60.7 Å². The largest absolute Gasteiger partial charge is 0.493 e. The lowest BCUT2D eigenvalue weighted by Gasteiger charge is -2.11. The second-order valence-corrected chi connectivity index (χ2v) is 7.33. The molecule has 0 bridgehead atoms. The van der Waals surface area contributed by atoms with Gasteiger partial charge in [0.15, 0.2) is 0 Å². The first kappa shape index (κ1) is 18.7. The van der Waals surface area contributed by atoms with Gasteiger partial charge >= 0.3 is 0 Å². The number of nitrogens with one attached hydrogen (secondary N) is 2. The molecule has 0 aliphatic heterocycles. The highest BCUT2D eigenvalue weighted by Gasteiger charge is 2.13. The van der Waals surface area contributed by atoms with Crippen molar-refractivity contribution in [2.45, 2.75) is 13.8 Å². The predicted octanol–water partition coefficient (Wildman–Crippen LogP) is 5.52. The molecule has 2 N–H and O–H groups in total. The van der Waals surface area contributed by atoms with Crippen molar-refractivity contribution in [1.82, 2.24) is 9.97 Å². The summed E-state index contributed by atoms with van der Waals surface area (Å²) in [6, 6.07) is 22.7. The fraction of sp³-hybridized carbons (Fsp3) is 0.167. The highest BCUT2D eigenvalue weighted by Crippen LogP contribution is 2.28. The molecular formula is C24H23N3O2. The van der Waals surface area contributed by atoms with Gasteiger partial charge in [-0.05, 0) is 54.4 Å². The maximum Gasteiger partial charge on any atom is 0.255 e. The molecule has 0 atom stereocenters. The van der Waals surface area contributed by atoms with Crippen molar-refractivity contribution in [1.29, 1.82) is 0 Å². The molecule has 1 heterocycles. The van der Waals surface area contributed by atoms with Crippen LogP contribution in [0.15, 0.2) is 72.8 Å². The molecule has 0 fully saturated rings. The van der Waals surface area contributed by atoms with Gasteiger partial charge in [0, 0.05) is 11.1 Å². The van der Waals surface area contributed by atoms with E-state index in [1.165, 1.54) is 0 Å². The summed E-state index contributed by atoms with van der Waals surface area (Å²) < 4.78 is 5.68. The number of hydrogen-bond acceptors (Lipinski definition) is 3. The van der Waals surface area contributed by atoms with Gasteiger partial charge in [-0.2, -0.15) is 0 Å². The fourth-order valence-corrected chi connectivity index (χ4v) is 3.04. The topological polar surface area (TPSA) is 67.0 Å². The number of imidazole rings is 1. The predicted molar refractivity (Wildman–Crippen MR) is 116 cm³/mol. The fourth-order valence-electron chi connectivity index (χ4n) is 3.04. The molecule has 1 aromatic heterocycles. The Balaban J connectivity index is 1.54. The summed E-state index contributed by atoms with van der Waals surface area (Å²) in [6.45, 7) is 4.85. The zero-order valence-corrected chi connectivity index (χ0v) is 16.5. The Kier molecular flexibility index (Phi) is 5.29. The zero-order valence-electron chi connectivity index (χ0n) is 16.5. The molecule has 0 saturated carbocycles. The first-order valence-corrected chi connectivity index (χ1v) is 9.68. The number of amides is 1. The van der Waals surface area contributed by atoms with E-state index in [0.717, 1.165) is 28.2 Å². The van der Waals surface area contributed by atoms with Crippen LogP contribution in [0.2, 0.25) is 0 Å². The summed E-state index contributed by atoms with van der Waals surface area (Å²) in [4.78, 5) is 20.7. The van der Waals surface area contributed by atoms with E-state index < -0.39 is 0 Å². The minimum Gasteiger partial charge on any atom is -0.493 e. The smallest absolute Gasteiger partial charge is 0.255 e. The SMILES string of the molecule is CC(C)COc1ccc(C(=O)Nc2ccccc2-c2nc3ccccc3[nH]2)cc1. The lowest BCUT2D eigenvalue weighted by atomic mass is 10.1. The number of anilines is 1. The lowest BCUT2D eigenvalue weighted by molar-refractivity contribution is 0.102. The summed E-state index contributed by atoms with van der Waals surface area (Å²) in [7, 11) is 0. The van der Waals surface area contributed by atoms with Gasteiger partial charge in [-0.1, -0.05) is 38.1 Å². The summed E-state index contributed by atoms with van der Waals surface area (Å²) >= 11 is 0. The average molecular weight is 385 g/mol. The Morgan fingerprint density at radius 2 is 1.72 bits per heavy atom. The van der Waals surface area contributed by atoms with Gasteiger partial charge < -0.3 is 15.0 Å². The van der Waals surface area contributed by atoms with Crippen LogP contribution >= 0.6 is 0 Å². The number of aromatic nitrogens is 2. The summed E-state index contributed by atoms with van der Waals surface area (Å²) in [6.07, 6.45) is 0. The highest BCUT2D eigenvalue weighted by atomic mass is 16.5. The van der Waals surface area contributed by atoms with E-state index in [1.54, 1.807) is 12.1 Å². The Bertz CT molecular complexity index is 1100. The second kappa shape index (κ2) is 8.19. The zero-order chi connectivity index (χ0) is 20.2. The number of carbonyl (C=O) groups is 1. The van der Waals surface area contributed by atoms with Gasteiger partial charge in [-0.25, -0.2) is 4.98 Å². The quantitative estimate of drug-likeness (QED) is 0.459. The Morgan fingerprint density at radius 3 is 2.48 bits per heavy atom. The van der Waals surface area contributed by atoms with Crippen molar-refractivity contribution < 1.29 is 9.53 Å². The van der Waals surface area contributed by atoms with E-state index in [9.17, 15) is 4.79 Å². The minimum atomic E-state index is -0.177. The van der Waals surface area contributed by atoms with Gasteiger partial charge in [0.25, 0.3) is 5.91 Å². The molecule has 29 heavy (non-hydrogen) atoms. The minimum absolute atomic E-state index is 0.177. The average Bonchev–Trinajstić information content (AvgIpc) is 3.17. The molecule has 0 spiro atoms. The molecule has 5 nitrogen and oxygen atoms in total. The van der Waals surface area contributed by atoms with Crippen LogP contribution in [0.1, 0.15) is 24.2 Å². The summed E-state index contributed by atoms with van der Waals surface area (Å²) in [5, 5.41) is 3.00. The molecule has 4 aromatic rings. The monoisotopic (exact) mass is 385 g/mol. The number of rotatable bonds is 6. The van der Waals surface area contributed by atoms with E-state index >= 15 is 0 Å². The molecule has 0 aliphatic carbocycles. The number of hydrogen-bond donors (Lipinski definition) is 2. The summed E-state index contributed by atoms with van der Waals surface area (Å²) in [5.74, 6) is 1.76. The molecule has 0 radical (unpaired) electrons. The van der Waals surface area contributed by atoms with Crippen molar-refractivity contribution in [2.24, 2.45) is 5.92 Å². The lowest BCUT2D eigenvalue weighted by Crippen LogP contribution is -2.13. The number of nitrogens with zero attached hydrogens (tertiary/aromatic N) is 1. The third-order valence-corrected chi connectivity index (χ3v) is 4.52. The van der Waals surface area contributed by atoms with Gasteiger partial charge in [-0.3, -0.25) is 4.79 Å². The number of ether oxygens (including phenoxy) is 1. The third-order valence-electron chi connectivity index (χ3n) is 4.52. The normalized spacial score (nSPS) is 11.0. The Labute approximate surface area is 169 Å². The van der Waals surface area contributed by atoms with E-state index in [0.29, 0.717) is 23.8 Å². The van der Waals surface area contributed by atoms with Gasteiger partial charge in [-0.15, -0.1) is 0 Å². The van der Waals surface area contributed by atoms with Crippen LogP contribution in [0.3, 0.4) is 0 Å². The first-order valence-electron chi connectivity index (χ1n) is 9.68. The van der Waals surface area contributed by atoms with E-state index in [-0.39, 0.29) is 5.91 Å². The maximum atomic E-state index is 12.8. The van der Waals surface area contributed by atoms with Crippen molar-refractivity contribution in [3.8, 4) is 17.1 Å². The summed E-state index contributed by atoms with van der Waals surface area (Å²) in [5.41, 5.74) is 3.97. The molecule has 0 saturated heterocycles. The molecular weight excluding hydrogens is 362 g/mol. The maximum absolute atomic E-state index is 12.8. The number of carbonyl (C=O) groups excluding carboxylic acids is 1. The molecule has 3 aromatic carbocycles. The van der Waals surface area contributed by atoms with Crippen LogP contribution < -0.4 is 10.1 Å². The van der Waals surface area contributed by atoms with Gasteiger partial charge in [0.2, 0.25) is 0 Å². The van der Waals surface area contributed by atoms with Crippen LogP contribution in [0.25, 0.3) is 22.4 Å². The van der Waals surface area contributed by atoms with Crippen molar-refractivity contribution >= 4 is 22.6 Å². The first-order chi connectivity index (χ1) is 14.1. The molecule has 5 heteroatoms. The van der Waals surface area contributed by atoms with Crippen LogP contribution in [0.4, 0.5) is 5.69 Å². The van der Waals surface area contributed by atoms with Gasteiger partial charge in [0.1, 0.15) is 11.6 Å². The molecule has 1 amide bonds. The van der Waals surface area contributed by atoms with Crippen LogP contribution in [-0.4, -0.2) is 22.5 Å². The molecule has 4 rings (SSSR count). The second-order valence-electron chi connectivity index (χ2n) is 7.33. The Hall–Kier alpha value is -3.60. The number of para-hydroxylation sites is 3. The van der Waals surface area contributed by atoms with Crippen molar-refractivity contribution in [2.75, 3.05) is 11.9 Å². The highest BCUT2D eigenvalue weighted by molar-refractivity contribution is 6.06. The number of aromatic amines is 1. The molecule has 146 valence electrons. The third kappa shape index (κ3) is 4.29. The molecule has 0 aliphatic rings. The van der Waals surface area contributed by atoms with Crippen LogP contribution in [0.5, 0.6) is 5.75 Å². The number of fused-ring (bicyclic) bond motifs is 1. The van der Waals surface area contributed by atoms with Gasteiger partial charge in [0.05, 0.1) is 23.3 Å². The van der Waals surface area contributed by atoms with Crippen LogP contribution in [-0.2, 0) is 0 Å². The number of benzene rings is 3.